The van der Waals surface area contributed by atoms with Crippen LogP contribution in [0.2, 0.25) is 5.02 Å². The fraction of sp³-hybridized carbons (Fsp3) is 0.640. The molecule has 3 N–H and O–H groups in total. The number of benzene rings is 1. The Labute approximate surface area is 200 Å². The van der Waals surface area contributed by atoms with E-state index in [1.54, 1.807) is 17.0 Å². The zero-order valence-corrected chi connectivity index (χ0v) is 20.6. The molecule has 8 heteroatoms. The molecule has 3 atom stereocenters. The zero-order chi connectivity index (χ0) is 24.6. The van der Waals surface area contributed by atoms with E-state index in [0.717, 1.165) is 5.56 Å². The van der Waals surface area contributed by atoms with E-state index in [-0.39, 0.29) is 24.2 Å². The standard InChI is InChI=1S/C25H35ClN2O5/c1-23(2)15-28(12-11-25(23,33)18-7-9-19(26)10-8-18)20(29)14-24(3,4)27-21(30)16-5-6-17(13-16)22(31)32/h7-10,16-17,33H,5-6,11-15H2,1-4H3,(H,27,30)(H,31,32)/t16-,17+,25+/m1/s1. The summed E-state index contributed by atoms with van der Waals surface area (Å²) >= 11 is 6.00. The Kier molecular flexibility index (Phi) is 7.16. The second-order valence-corrected chi connectivity index (χ2v) is 11.3. The molecule has 3 rings (SSSR count). The number of carboxylic acid groups (broad SMARTS) is 1. The molecule has 1 aromatic rings. The molecule has 2 aliphatic rings. The SMILES string of the molecule is CC(C)(CC(=O)N1CC[C@](O)(c2ccc(Cl)cc2)C(C)(C)C1)NC(=O)[C@@H]1CC[C@H](C(=O)O)C1. The number of amides is 2. The minimum Gasteiger partial charge on any atom is -0.481 e. The van der Waals surface area contributed by atoms with E-state index < -0.39 is 28.4 Å². The van der Waals surface area contributed by atoms with Crippen LogP contribution in [0, 0.1) is 17.3 Å². The van der Waals surface area contributed by atoms with Gasteiger partial charge in [0.05, 0.1) is 11.5 Å². The van der Waals surface area contributed by atoms with Crippen molar-refractivity contribution in [1.82, 2.24) is 10.2 Å². The number of hydrogen-bond donors (Lipinski definition) is 3. The Balaban J connectivity index is 1.60. The van der Waals surface area contributed by atoms with Crippen LogP contribution in [-0.2, 0) is 20.0 Å². The molecule has 2 fully saturated rings. The summed E-state index contributed by atoms with van der Waals surface area (Å²) in [6.07, 6.45) is 1.93. The molecular formula is C25H35ClN2O5. The average molecular weight is 479 g/mol. The summed E-state index contributed by atoms with van der Waals surface area (Å²) in [4.78, 5) is 38.8. The highest BCUT2D eigenvalue weighted by Gasteiger charge is 2.50. The molecular weight excluding hydrogens is 444 g/mol. The van der Waals surface area contributed by atoms with Gasteiger partial charge in [-0.05, 0) is 57.2 Å². The molecule has 0 radical (unpaired) electrons. The lowest BCUT2D eigenvalue weighted by Crippen LogP contribution is -2.58. The highest BCUT2D eigenvalue weighted by molar-refractivity contribution is 6.30. The van der Waals surface area contributed by atoms with Crippen molar-refractivity contribution in [1.29, 1.82) is 0 Å². The summed E-state index contributed by atoms with van der Waals surface area (Å²) in [5.74, 6) is -1.93. The summed E-state index contributed by atoms with van der Waals surface area (Å²) < 4.78 is 0. The molecule has 1 heterocycles. The molecule has 0 aromatic heterocycles. The highest BCUT2D eigenvalue weighted by atomic mass is 35.5. The minimum atomic E-state index is -1.08. The molecule has 33 heavy (non-hydrogen) atoms. The highest BCUT2D eigenvalue weighted by Crippen LogP contribution is 2.46. The van der Waals surface area contributed by atoms with Crippen molar-refractivity contribution in [3.8, 4) is 0 Å². The molecule has 1 saturated carbocycles. The van der Waals surface area contributed by atoms with Crippen molar-refractivity contribution in [3.63, 3.8) is 0 Å². The lowest BCUT2D eigenvalue weighted by molar-refractivity contribution is -0.154. The van der Waals surface area contributed by atoms with Gasteiger partial charge in [-0.1, -0.05) is 37.6 Å². The van der Waals surface area contributed by atoms with Crippen LogP contribution in [0.4, 0.5) is 0 Å². The lowest BCUT2D eigenvalue weighted by atomic mass is 9.66. The molecule has 0 unspecified atom stereocenters. The molecule has 1 aromatic carbocycles. The fourth-order valence-electron chi connectivity index (χ4n) is 5.21. The van der Waals surface area contributed by atoms with Gasteiger partial charge in [-0.25, -0.2) is 0 Å². The van der Waals surface area contributed by atoms with Gasteiger partial charge in [0, 0.05) is 41.4 Å². The zero-order valence-electron chi connectivity index (χ0n) is 19.9. The number of rotatable bonds is 6. The fourth-order valence-corrected chi connectivity index (χ4v) is 5.34. The van der Waals surface area contributed by atoms with Crippen molar-refractivity contribution in [3.05, 3.63) is 34.9 Å². The average Bonchev–Trinajstić information content (AvgIpc) is 3.20. The Morgan fingerprint density at radius 1 is 1.15 bits per heavy atom. The van der Waals surface area contributed by atoms with Gasteiger partial charge in [0.25, 0.3) is 0 Å². The van der Waals surface area contributed by atoms with E-state index in [2.05, 4.69) is 5.32 Å². The first kappa shape index (κ1) is 25.5. The summed E-state index contributed by atoms with van der Waals surface area (Å²) in [5.41, 5.74) is -1.64. The van der Waals surface area contributed by atoms with Gasteiger partial charge in [-0.15, -0.1) is 0 Å². The first-order chi connectivity index (χ1) is 15.2. The molecule has 0 spiro atoms. The van der Waals surface area contributed by atoms with Crippen molar-refractivity contribution < 1.29 is 24.6 Å². The second kappa shape index (κ2) is 9.26. The number of nitrogens with zero attached hydrogens (tertiary/aromatic N) is 1. The molecule has 7 nitrogen and oxygen atoms in total. The van der Waals surface area contributed by atoms with Gasteiger partial charge in [0.15, 0.2) is 0 Å². The van der Waals surface area contributed by atoms with Crippen LogP contribution in [0.15, 0.2) is 24.3 Å². The van der Waals surface area contributed by atoms with E-state index in [4.69, 9.17) is 16.7 Å². The number of aliphatic hydroxyl groups is 1. The smallest absolute Gasteiger partial charge is 0.306 e. The first-order valence-electron chi connectivity index (χ1n) is 11.6. The van der Waals surface area contributed by atoms with Crippen molar-refractivity contribution in [2.75, 3.05) is 13.1 Å². The predicted octanol–water partition coefficient (Wildman–Crippen LogP) is 3.57. The van der Waals surface area contributed by atoms with E-state index >= 15 is 0 Å². The Bertz CT molecular complexity index is 914. The minimum absolute atomic E-state index is 0.0821. The first-order valence-corrected chi connectivity index (χ1v) is 11.9. The molecule has 0 bridgehead atoms. The topological polar surface area (TPSA) is 107 Å². The number of halogens is 1. The third kappa shape index (κ3) is 5.52. The van der Waals surface area contributed by atoms with Crippen LogP contribution in [0.25, 0.3) is 0 Å². The van der Waals surface area contributed by atoms with E-state index in [1.165, 1.54) is 0 Å². The number of hydrogen-bond acceptors (Lipinski definition) is 4. The Hall–Kier alpha value is -2.12. The number of carbonyl (C=O) groups excluding carboxylic acids is 2. The van der Waals surface area contributed by atoms with E-state index in [9.17, 15) is 19.5 Å². The number of likely N-dealkylation sites (tertiary alicyclic amines) is 1. The van der Waals surface area contributed by atoms with Gasteiger partial charge in [0.1, 0.15) is 0 Å². The van der Waals surface area contributed by atoms with Crippen LogP contribution in [-0.4, -0.2) is 51.5 Å². The van der Waals surface area contributed by atoms with Crippen LogP contribution in [0.3, 0.4) is 0 Å². The van der Waals surface area contributed by atoms with Crippen LogP contribution in [0.5, 0.6) is 0 Å². The quantitative estimate of drug-likeness (QED) is 0.579. The normalized spacial score (nSPS) is 27.3. The number of nitrogens with one attached hydrogen (secondary N) is 1. The molecule has 2 amide bonds. The van der Waals surface area contributed by atoms with Gasteiger partial charge in [0.2, 0.25) is 11.8 Å². The predicted molar refractivity (Wildman–Crippen MR) is 126 cm³/mol. The summed E-state index contributed by atoms with van der Waals surface area (Å²) in [6, 6.07) is 7.18. The number of carbonyl (C=O) groups is 3. The number of aliphatic carboxylic acids is 1. The summed E-state index contributed by atoms with van der Waals surface area (Å²) in [7, 11) is 0. The van der Waals surface area contributed by atoms with Crippen LogP contribution >= 0.6 is 11.6 Å². The maximum absolute atomic E-state index is 13.1. The molecule has 1 aliphatic carbocycles. The monoisotopic (exact) mass is 478 g/mol. The summed E-state index contributed by atoms with van der Waals surface area (Å²) in [6.45, 7) is 8.32. The Morgan fingerprint density at radius 2 is 1.76 bits per heavy atom. The number of carboxylic acids is 1. The molecule has 1 saturated heterocycles. The lowest BCUT2D eigenvalue weighted by Gasteiger charge is -2.51. The second-order valence-electron chi connectivity index (χ2n) is 10.9. The van der Waals surface area contributed by atoms with Crippen LogP contribution < -0.4 is 5.32 Å². The van der Waals surface area contributed by atoms with Crippen molar-refractivity contribution in [2.45, 2.75) is 70.9 Å². The van der Waals surface area contributed by atoms with Crippen molar-refractivity contribution in [2.24, 2.45) is 17.3 Å². The van der Waals surface area contributed by atoms with Gasteiger partial charge < -0.3 is 20.4 Å². The van der Waals surface area contributed by atoms with Gasteiger partial charge in [-0.2, -0.15) is 0 Å². The van der Waals surface area contributed by atoms with Gasteiger partial charge >= 0.3 is 5.97 Å². The third-order valence-electron chi connectivity index (χ3n) is 7.33. The Morgan fingerprint density at radius 3 is 2.30 bits per heavy atom. The number of piperidine rings is 1. The van der Waals surface area contributed by atoms with E-state index in [1.807, 2.05) is 39.8 Å². The third-order valence-corrected chi connectivity index (χ3v) is 7.58. The molecule has 182 valence electrons. The van der Waals surface area contributed by atoms with Crippen LogP contribution in [0.1, 0.15) is 65.4 Å². The van der Waals surface area contributed by atoms with Gasteiger partial charge in [-0.3, -0.25) is 14.4 Å². The maximum atomic E-state index is 13.1. The van der Waals surface area contributed by atoms with Crippen molar-refractivity contribution >= 4 is 29.4 Å². The largest absolute Gasteiger partial charge is 0.481 e. The van der Waals surface area contributed by atoms with E-state index in [0.29, 0.717) is 43.8 Å². The summed E-state index contributed by atoms with van der Waals surface area (Å²) in [5, 5.41) is 24.2. The molecule has 1 aliphatic heterocycles. The maximum Gasteiger partial charge on any atom is 0.306 e.